The molecule has 4 rings (SSSR count). The molecule has 0 aromatic heterocycles. The fourth-order valence-corrected chi connectivity index (χ4v) is 2.91. The van der Waals surface area contributed by atoms with Crippen LogP contribution in [0.15, 0.2) is 78.0 Å². The smallest absolute Gasteiger partial charge is 0.365 e. The lowest BCUT2D eigenvalue weighted by Gasteiger charge is -2.19. The summed E-state index contributed by atoms with van der Waals surface area (Å²) in [5.41, 5.74) is 1.83. The molecule has 0 fully saturated rings. The van der Waals surface area contributed by atoms with Gasteiger partial charge >= 0.3 is 5.97 Å². The molecule has 0 aliphatic carbocycles. The molecular formula is C23H19NO5. The SMILES string of the molecule is COc1ccc2c(c1)OCCC2=NOC(=O)c1ccc(Oc2ccccc2)cc1. The van der Waals surface area contributed by atoms with Crippen LogP contribution < -0.4 is 14.2 Å². The lowest BCUT2D eigenvalue weighted by Crippen LogP contribution is -2.17. The van der Waals surface area contributed by atoms with E-state index in [4.69, 9.17) is 19.0 Å². The van der Waals surface area contributed by atoms with E-state index in [0.29, 0.717) is 41.6 Å². The van der Waals surface area contributed by atoms with E-state index in [9.17, 15) is 4.79 Å². The quantitative estimate of drug-likeness (QED) is 0.462. The Hall–Kier alpha value is -3.80. The number of ether oxygens (including phenoxy) is 3. The molecule has 1 heterocycles. The van der Waals surface area contributed by atoms with Crippen LogP contribution in [0.4, 0.5) is 0 Å². The van der Waals surface area contributed by atoms with E-state index < -0.39 is 5.97 Å². The highest BCUT2D eigenvalue weighted by molar-refractivity contribution is 6.04. The summed E-state index contributed by atoms with van der Waals surface area (Å²) in [5.74, 6) is 2.17. The van der Waals surface area contributed by atoms with Gasteiger partial charge < -0.3 is 19.0 Å². The van der Waals surface area contributed by atoms with E-state index in [1.165, 1.54) is 0 Å². The molecule has 0 saturated heterocycles. The number of carbonyl (C=O) groups is 1. The summed E-state index contributed by atoms with van der Waals surface area (Å²) in [7, 11) is 1.59. The average molecular weight is 389 g/mol. The molecule has 6 heteroatoms. The fraction of sp³-hybridized carbons (Fsp3) is 0.130. The average Bonchev–Trinajstić information content (AvgIpc) is 2.78. The number of hydrogen-bond acceptors (Lipinski definition) is 6. The molecule has 0 N–H and O–H groups in total. The Morgan fingerprint density at radius 3 is 2.41 bits per heavy atom. The van der Waals surface area contributed by atoms with Gasteiger partial charge in [-0.2, -0.15) is 0 Å². The fourth-order valence-electron chi connectivity index (χ4n) is 2.91. The van der Waals surface area contributed by atoms with Gasteiger partial charge in [-0.05, 0) is 48.5 Å². The highest BCUT2D eigenvalue weighted by Gasteiger charge is 2.19. The lowest BCUT2D eigenvalue weighted by molar-refractivity contribution is 0.0514. The number of methoxy groups -OCH3 is 1. The summed E-state index contributed by atoms with van der Waals surface area (Å²) in [4.78, 5) is 17.5. The van der Waals surface area contributed by atoms with Gasteiger partial charge in [-0.3, -0.25) is 0 Å². The highest BCUT2D eigenvalue weighted by atomic mass is 16.7. The number of para-hydroxylation sites is 1. The Labute approximate surface area is 168 Å². The minimum absolute atomic E-state index is 0.386. The summed E-state index contributed by atoms with van der Waals surface area (Å²) in [5, 5.41) is 4.06. The van der Waals surface area contributed by atoms with Gasteiger partial charge in [0, 0.05) is 18.1 Å². The van der Waals surface area contributed by atoms with E-state index in [1.54, 1.807) is 37.4 Å². The van der Waals surface area contributed by atoms with Crippen molar-refractivity contribution < 1.29 is 23.8 Å². The first-order chi connectivity index (χ1) is 14.2. The first-order valence-electron chi connectivity index (χ1n) is 9.15. The van der Waals surface area contributed by atoms with Crippen molar-refractivity contribution in [2.24, 2.45) is 5.16 Å². The van der Waals surface area contributed by atoms with E-state index in [1.807, 2.05) is 42.5 Å². The molecule has 3 aromatic rings. The van der Waals surface area contributed by atoms with Crippen molar-refractivity contribution in [1.29, 1.82) is 0 Å². The van der Waals surface area contributed by atoms with Gasteiger partial charge in [-0.25, -0.2) is 4.79 Å². The summed E-state index contributed by atoms with van der Waals surface area (Å²) in [6.45, 7) is 0.460. The zero-order valence-corrected chi connectivity index (χ0v) is 15.8. The van der Waals surface area contributed by atoms with Gasteiger partial charge in [-0.15, -0.1) is 0 Å². The Bertz CT molecular complexity index is 1030. The number of fused-ring (bicyclic) bond motifs is 1. The topological polar surface area (TPSA) is 66.3 Å². The molecule has 0 spiro atoms. The lowest BCUT2D eigenvalue weighted by atomic mass is 10.0. The molecule has 146 valence electrons. The maximum atomic E-state index is 12.3. The van der Waals surface area contributed by atoms with E-state index in [2.05, 4.69) is 5.16 Å². The van der Waals surface area contributed by atoms with E-state index in [0.717, 1.165) is 11.3 Å². The Kier molecular flexibility index (Phi) is 5.42. The first-order valence-corrected chi connectivity index (χ1v) is 9.15. The van der Waals surface area contributed by atoms with Crippen LogP contribution in [0.5, 0.6) is 23.0 Å². The second-order valence-electron chi connectivity index (χ2n) is 6.32. The van der Waals surface area contributed by atoms with Crippen LogP contribution in [0.1, 0.15) is 22.3 Å². The predicted molar refractivity (Wildman–Crippen MR) is 108 cm³/mol. The molecule has 0 saturated carbocycles. The van der Waals surface area contributed by atoms with Crippen molar-refractivity contribution in [3.05, 3.63) is 83.9 Å². The number of nitrogens with zero attached hydrogens (tertiary/aromatic N) is 1. The zero-order chi connectivity index (χ0) is 20.1. The van der Waals surface area contributed by atoms with Gasteiger partial charge in [0.25, 0.3) is 0 Å². The van der Waals surface area contributed by atoms with Crippen molar-refractivity contribution in [3.63, 3.8) is 0 Å². The van der Waals surface area contributed by atoms with Crippen molar-refractivity contribution in [2.45, 2.75) is 6.42 Å². The third-order valence-electron chi connectivity index (χ3n) is 4.40. The van der Waals surface area contributed by atoms with Crippen molar-refractivity contribution in [3.8, 4) is 23.0 Å². The number of rotatable bonds is 5. The van der Waals surface area contributed by atoms with Crippen molar-refractivity contribution >= 4 is 11.7 Å². The predicted octanol–water partition coefficient (Wildman–Crippen LogP) is 4.83. The Morgan fingerprint density at radius 2 is 1.66 bits per heavy atom. The largest absolute Gasteiger partial charge is 0.497 e. The second kappa shape index (κ2) is 8.48. The van der Waals surface area contributed by atoms with Crippen LogP contribution in [0.3, 0.4) is 0 Å². The molecule has 3 aromatic carbocycles. The normalized spacial score (nSPS) is 13.9. The van der Waals surface area contributed by atoms with Gasteiger partial charge in [0.15, 0.2) is 0 Å². The maximum Gasteiger partial charge on any atom is 0.365 e. The third kappa shape index (κ3) is 4.38. The zero-order valence-electron chi connectivity index (χ0n) is 15.8. The first kappa shape index (κ1) is 18.6. The highest BCUT2D eigenvalue weighted by Crippen LogP contribution is 2.29. The molecule has 6 nitrogen and oxygen atoms in total. The summed E-state index contributed by atoms with van der Waals surface area (Å²) in [6, 6.07) is 21.6. The molecule has 0 unspecified atom stereocenters. The number of hydrogen-bond donors (Lipinski definition) is 0. The van der Waals surface area contributed by atoms with Gasteiger partial charge in [0.05, 0.1) is 25.0 Å². The molecule has 29 heavy (non-hydrogen) atoms. The monoisotopic (exact) mass is 389 g/mol. The van der Waals surface area contributed by atoms with Gasteiger partial charge in [-0.1, -0.05) is 23.4 Å². The van der Waals surface area contributed by atoms with Crippen LogP contribution in [0.2, 0.25) is 0 Å². The van der Waals surface area contributed by atoms with Crippen molar-refractivity contribution in [2.75, 3.05) is 13.7 Å². The van der Waals surface area contributed by atoms with Gasteiger partial charge in [0.1, 0.15) is 23.0 Å². The van der Waals surface area contributed by atoms with Crippen LogP contribution in [0.25, 0.3) is 0 Å². The van der Waals surface area contributed by atoms with Crippen LogP contribution in [0, 0.1) is 0 Å². The van der Waals surface area contributed by atoms with E-state index >= 15 is 0 Å². The second-order valence-corrected chi connectivity index (χ2v) is 6.32. The van der Waals surface area contributed by atoms with Crippen LogP contribution in [-0.4, -0.2) is 25.4 Å². The van der Waals surface area contributed by atoms with Crippen molar-refractivity contribution in [1.82, 2.24) is 0 Å². The minimum atomic E-state index is -0.537. The Morgan fingerprint density at radius 1 is 0.931 bits per heavy atom. The number of oxime groups is 1. The number of benzene rings is 3. The summed E-state index contributed by atoms with van der Waals surface area (Å²) < 4.78 is 16.6. The van der Waals surface area contributed by atoms with Crippen LogP contribution in [-0.2, 0) is 4.84 Å². The maximum absolute atomic E-state index is 12.3. The summed E-state index contributed by atoms with van der Waals surface area (Å²) in [6.07, 6.45) is 0.552. The molecule has 0 amide bonds. The molecule has 1 aliphatic heterocycles. The molecule has 1 aliphatic rings. The molecule has 0 radical (unpaired) electrons. The van der Waals surface area contributed by atoms with E-state index in [-0.39, 0.29) is 0 Å². The molecule has 0 atom stereocenters. The van der Waals surface area contributed by atoms with Gasteiger partial charge in [0.2, 0.25) is 0 Å². The van der Waals surface area contributed by atoms with Crippen LogP contribution >= 0.6 is 0 Å². The number of carbonyl (C=O) groups excluding carboxylic acids is 1. The standard InChI is InChI=1S/C23H19NO5/c1-26-19-11-12-20-21(13-14-27-22(20)15-19)24-29-23(25)16-7-9-18(10-8-16)28-17-5-3-2-4-6-17/h2-12,15H,13-14H2,1H3. The summed E-state index contributed by atoms with van der Waals surface area (Å²) >= 11 is 0. The minimum Gasteiger partial charge on any atom is -0.497 e. The molecule has 0 bridgehead atoms. The Balaban J connectivity index is 1.44. The molecular weight excluding hydrogens is 370 g/mol. The third-order valence-corrected chi connectivity index (χ3v) is 4.40.